The van der Waals surface area contributed by atoms with Crippen molar-refractivity contribution in [1.82, 2.24) is 10.6 Å². The van der Waals surface area contributed by atoms with Crippen LogP contribution in [-0.2, 0) is 28.9 Å². The van der Waals surface area contributed by atoms with Crippen LogP contribution in [0.25, 0.3) is 0 Å². The van der Waals surface area contributed by atoms with Gasteiger partial charge in [-0.05, 0) is 62.1 Å². The second-order valence-corrected chi connectivity index (χ2v) is 13.0. The van der Waals surface area contributed by atoms with Gasteiger partial charge in [-0.2, -0.15) is 0 Å². The predicted octanol–water partition coefficient (Wildman–Crippen LogP) is 1.10. The first-order valence-corrected chi connectivity index (χ1v) is 15.5. The number of carbonyl (C=O) groups is 6. The normalized spacial score (nSPS) is 24.7. The number of Topliss-reactive ketones (excluding diaryl/α,β-unsaturated/α-hetero) is 4. The Kier molecular flexibility index (Phi) is 7.57. The van der Waals surface area contributed by atoms with Gasteiger partial charge in [0.05, 0.1) is 22.0 Å². The van der Waals surface area contributed by atoms with Gasteiger partial charge in [-0.1, -0.05) is 0 Å². The number of carbonyl (C=O) groups excluding carboxylic acids is 6. The first-order valence-electron chi connectivity index (χ1n) is 14.1. The van der Waals surface area contributed by atoms with Crippen molar-refractivity contribution in [3.05, 3.63) is 58.7 Å². The second-order valence-electron chi connectivity index (χ2n) is 11.0. The number of sulfone groups is 1. The van der Waals surface area contributed by atoms with Gasteiger partial charge < -0.3 is 20.1 Å². The molecule has 0 radical (unpaired) electrons. The number of hydrogen-bond acceptors (Lipinski definition) is 10. The van der Waals surface area contributed by atoms with Gasteiger partial charge in [-0.15, -0.1) is 0 Å². The monoisotopic (exact) mass is 608 g/mol. The molecule has 2 fully saturated rings. The van der Waals surface area contributed by atoms with E-state index in [2.05, 4.69) is 10.6 Å². The standard InChI is InChI=1S/C30H28N2O10S/c33-25-19-7-5-17(11-21(19)27(35)23(25)29(37)31-13-15-3-1-9-41-15)43(39,40)18-6-8-20-22(12-18)28(36)24(26(20)34)30(38)32-14-16-4-2-10-42-16/h5-8,11-12,15-16,23-24H,1-4,9-10,13-14H2,(H,31,37)(H,32,38). The molecule has 12 nitrogen and oxygen atoms in total. The van der Waals surface area contributed by atoms with E-state index < -0.39 is 56.6 Å². The maximum absolute atomic E-state index is 13.6. The molecule has 2 aliphatic carbocycles. The van der Waals surface area contributed by atoms with E-state index in [4.69, 9.17) is 9.47 Å². The van der Waals surface area contributed by atoms with Crippen LogP contribution >= 0.6 is 0 Å². The van der Waals surface area contributed by atoms with Gasteiger partial charge in [-0.25, -0.2) is 8.42 Å². The van der Waals surface area contributed by atoms with Crippen molar-refractivity contribution in [2.75, 3.05) is 26.3 Å². The lowest BCUT2D eigenvalue weighted by Gasteiger charge is -2.12. The van der Waals surface area contributed by atoms with E-state index >= 15 is 0 Å². The van der Waals surface area contributed by atoms with Gasteiger partial charge in [0.2, 0.25) is 21.7 Å². The Balaban J connectivity index is 1.20. The molecule has 2 heterocycles. The molecule has 2 amide bonds. The van der Waals surface area contributed by atoms with E-state index in [0.29, 0.717) is 13.2 Å². The lowest BCUT2D eigenvalue weighted by molar-refractivity contribution is -0.123. The van der Waals surface area contributed by atoms with E-state index in [9.17, 15) is 37.2 Å². The molecule has 4 aliphatic rings. The van der Waals surface area contributed by atoms with Crippen LogP contribution in [0.1, 0.15) is 67.1 Å². The molecule has 0 saturated carbocycles. The Morgan fingerprint density at radius 2 is 1.05 bits per heavy atom. The van der Waals surface area contributed by atoms with E-state index in [1.807, 2.05) is 0 Å². The van der Waals surface area contributed by atoms with E-state index in [-0.39, 0.29) is 57.3 Å². The third-order valence-electron chi connectivity index (χ3n) is 8.29. The third-order valence-corrected chi connectivity index (χ3v) is 10.0. The maximum Gasteiger partial charge on any atom is 0.239 e. The molecule has 13 heteroatoms. The topological polar surface area (TPSA) is 179 Å². The Morgan fingerprint density at radius 3 is 1.42 bits per heavy atom. The number of amides is 2. The number of fused-ring (bicyclic) bond motifs is 2. The summed E-state index contributed by atoms with van der Waals surface area (Å²) in [5.41, 5.74) is -0.516. The zero-order valence-corrected chi connectivity index (χ0v) is 23.7. The fraction of sp³-hybridized carbons (Fsp3) is 0.400. The summed E-state index contributed by atoms with van der Waals surface area (Å²) < 4.78 is 38.0. The van der Waals surface area contributed by atoms with Gasteiger partial charge >= 0.3 is 0 Å². The van der Waals surface area contributed by atoms with Crippen molar-refractivity contribution in [3.8, 4) is 0 Å². The van der Waals surface area contributed by atoms with Crippen LogP contribution in [0.2, 0.25) is 0 Å². The lowest BCUT2D eigenvalue weighted by atomic mass is 10.0. The van der Waals surface area contributed by atoms with Crippen LogP contribution in [0.3, 0.4) is 0 Å². The van der Waals surface area contributed by atoms with E-state index in [0.717, 1.165) is 49.9 Å². The van der Waals surface area contributed by atoms with Gasteiger partial charge in [0, 0.05) is 48.6 Å². The summed E-state index contributed by atoms with van der Waals surface area (Å²) in [6.45, 7) is 1.46. The second kappa shape index (κ2) is 11.2. The molecular weight excluding hydrogens is 580 g/mol. The fourth-order valence-corrected chi connectivity index (χ4v) is 7.25. The highest BCUT2D eigenvalue weighted by Gasteiger charge is 2.46. The SMILES string of the molecule is O=C(NCC1CCCO1)C1C(=O)c2ccc(S(=O)(=O)c3ccc4c(c3)C(=O)C(C(=O)NCC3CCCO3)C4=O)cc2C1=O. The maximum atomic E-state index is 13.6. The number of rotatable bonds is 8. The summed E-state index contributed by atoms with van der Waals surface area (Å²) in [5, 5.41) is 5.16. The number of ketones is 4. The highest BCUT2D eigenvalue weighted by atomic mass is 32.2. The Labute approximate surface area is 246 Å². The molecule has 0 aromatic heterocycles. The summed E-state index contributed by atoms with van der Waals surface area (Å²) in [4.78, 5) is 76.8. The highest BCUT2D eigenvalue weighted by molar-refractivity contribution is 7.91. The zero-order valence-electron chi connectivity index (χ0n) is 22.9. The Bertz CT molecular complexity index is 1570. The molecular formula is C30H28N2O10S. The molecule has 0 bridgehead atoms. The quantitative estimate of drug-likeness (QED) is 0.412. The van der Waals surface area contributed by atoms with Crippen molar-refractivity contribution in [3.63, 3.8) is 0 Å². The summed E-state index contributed by atoms with van der Waals surface area (Å²) in [5.74, 6) is -7.87. The molecule has 4 atom stereocenters. The molecule has 4 unspecified atom stereocenters. The minimum Gasteiger partial charge on any atom is -0.376 e. The van der Waals surface area contributed by atoms with Crippen LogP contribution in [0, 0.1) is 11.8 Å². The number of ether oxygens (including phenoxy) is 2. The van der Waals surface area contributed by atoms with Crippen molar-refractivity contribution >= 4 is 44.8 Å². The molecule has 43 heavy (non-hydrogen) atoms. The minimum absolute atomic E-state index is 0.0622. The lowest BCUT2D eigenvalue weighted by Crippen LogP contribution is -2.40. The highest BCUT2D eigenvalue weighted by Crippen LogP contribution is 2.34. The van der Waals surface area contributed by atoms with E-state index in [1.54, 1.807) is 0 Å². The molecule has 224 valence electrons. The van der Waals surface area contributed by atoms with Gasteiger partial charge in [0.1, 0.15) is 0 Å². The van der Waals surface area contributed by atoms with Crippen molar-refractivity contribution in [2.45, 2.75) is 47.7 Å². The fourth-order valence-electron chi connectivity index (χ4n) is 5.93. The van der Waals surface area contributed by atoms with Crippen LogP contribution in [0.4, 0.5) is 0 Å². The molecule has 6 rings (SSSR count). The van der Waals surface area contributed by atoms with Crippen LogP contribution < -0.4 is 10.6 Å². The van der Waals surface area contributed by atoms with Crippen molar-refractivity contribution in [2.24, 2.45) is 11.8 Å². The van der Waals surface area contributed by atoms with Crippen LogP contribution in [0.5, 0.6) is 0 Å². The van der Waals surface area contributed by atoms with Crippen LogP contribution in [0.15, 0.2) is 46.2 Å². The smallest absolute Gasteiger partial charge is 0.239 e. The first kappa shape index (κ1) is 29.0. The molecule has 2 aromatic rings. The zero-order chi connectivity index (χ0) is 30.5. The van der Waals surface area contributed by atoms with Crippen molar-refractivity contribution < 1.29 is 46.7 Å². The predicted molar refractivity (Wildman–Crippen MR) is 147 cm³/mol. The minimum atomic E-state index is -4.34. The van der Waals surface area contributed by atoms with Crippen molar-refractivity contribution in [1.29, 1.82) is 0 Å². The number of hydrogen-bond donors (Lipinski definition) is 2. The number of benzene rings is 2. The Hall–Kier alpha value is -4.07. The van der Waals surface area contributed by atoms with Gasteiger partial charge in [-0.3, -0.25) is 28.8 Å². The molecule has 0 spiro atoms. The number of nitrogens with one attached hydrogen (secondary N) is 2. The largest absolute Gasteiger partial charge is 0.376 e. The average Bonchev–Trinajstić information content (AvgIpc) is 3.80. The van der Waals surface area contributed by atoms with Crippen LogP contribution in [-0.4, -0.2) is 81.9 Å². The summed E-state index contributed by atoms with van der Waals surface area (Å²) in [7, 11) is -4.34. The first-order chi connectivity index (χ1) is 20.6. The summed E-state index contributed by atoms with van der Waals surface area (Å²) in [6, 6.07) is 6.75. The summed E-state index contributed by atoms with van der Waals surface area (Å²) in [6.07, 6.45) is 2.82. The van der Waals surface area contributed by atoms with E-state index in [1.165, 1.54) is 12.1 Å². The molecule has 2 aliphatic heterocycles. The van der Waals surface area contributed by atoms with Gasteiger partial charge in [0.25, 0.3) is 0 Å². The molecule has 2 aromatic carbocycles. The van der Waals surface area contributed by atoms with Gasteiger partial charge in [0.15, 0.2) is 35.0 Å². The average molecular weight is 609 g/mol. The summed E-state index contributed by atoms with van der Waals surface area (Å²) >= 11 is 0. The molecule has 2 N–H and O–H groups in total. The Morgan fingerprint density at radius 1 is 0.651 bits per heavy atom. The third kappa shape index (κ3) is 5.11. The molecule has 2 saturated heterocycles.